The lowest BCUT2D eigenvalue weighted by Gasteiger charge is -2.29. The molecule has 0 saturated carbocycles. The van der Waals surface area contributed by atoms with E-state index in [-0.39, 0.29) is 0 Å². The van der Waals surface area contributed by atoms with Crippen molar-refractivity contribution in [2.75, 3.05) is 11.9 Å². The second-order valence-electron chi connectivity index (χ2n) is 5.48. The Bertz CT molecular complexity index is 390. The molecule has 0 heterocycles. The largest absolute Gasteiger partial charge is 0.389 e. The predicted molar refractivity (Wildman–Crippen MR) is 79.4 cm³/mol. The van der Waals surface area contributed by atoms with E-state index in [0.717, 1.165) is 17.7 Å². The summed E-state index contributed by atoms with van der Waals surface area (Å²) in [6.45, 7) is 8.40. The standard InChI is InChI=1S/C15H24ClNO/c1-10(2)8-11(3)17(5)15-7-6-13(12(4)18)9-14(15)16/h6-7,9-12,18H,8H2,1-5H3/t11?,12-/m0/s1. The summed E-state index contributed by atoms with van der Waals surface area (Å²) >= 11 is 6.30. The zero-order valence-electron chi connectivity index (χ0n) is 11.9. The molecule has 0 bridgehead atoms. The van der Waals surface area contributed by atoms with E-state index in [2.05, 4.69) is 32.7 Å². The molecule has 0 spiro atoms. The zero-order chi connectivity index (χ0) is 13.9. The average molecular weight is 270 g/mol. The van der Waals surface area contributed by atoms with Crippen molar-refractivity contribution in [2.24, 2.45) is 5.92 Å². The molecule has 0 aliphatic rings. The third-order valence-electron chi connectivity index (χ3n) is 3.31. The molecule has 1 unspecified atom stereocenters. The van der Waals surface area contributed by atoms with Gasteiger partial charge in [0.05, 0.1) is 16.8 Å². The maximum absolute atomic E-state index is 9.53. The SMILES string of the molecule is CC(C)CC(C)N(C)c1ccc([C@H](C)O)cc1Cl. The van der Waals surface area contributed by atoms with Crippen LogP contribution in [0, 0.1) is 5.92 Å². The van der Waals surface area contributed by atoms with Crippen molar-refractivity contribution in [3.63, 3.8) is 0 Å². The highest BCUT2D eigenvalue weighted by Gasteiger charge is 2.15. The lowest BCUT2D eigenvalue weighted by atomic mass is 10.0. The predicted octanol–water partition coefficient (Wildman–Crippen LogP) is 4.26. The maximum Gasteiger partial charge on any atom is 0.0762 e. The highest BCUT2D eigenvalue weighted by molar-refractivity contribution is 6.33. The molecule has 1 N–H and O–H groups in total. The van der Waals surface area contributed by atoms with Crippen LogP contribution in [0.3, 0.4) is 0 Å². The van der Waals surface area contributed by atoms with Gasteiger partial charge >= 0.3 is 0 Å². The Morgan fingerprint density at radius 1 is 1.22 bits per heavy atom. The van der Waals surface area contributed by atoms with Gasteiger partial charge in [0.15, 0.2) is 0 Å². The Morgan fingerprint density at radius 3 is 2.28 bits per heavy atom. The molecule has 3 heteroatoms. The van der Waals surface area contributed by atoms with Crippen LogP contribution in [0.5, 0.6) is 0 Å². The van der Waals surface area contributed by atoms with E-state index < -0.39 is 6.10 Å². The van der Waals surface area contributed by atoms with Crippen LogP contribution in [-0.4, -0.2) is 18.2 Å². The first-order valence-corrected chi connectivity index (χ1v) is 6.91. The second-order valence-corrected chi connectivity index (χ2v) is 5.88. The first-order valence-electron chi connectivity index (χ1n) is 6.53. The van der Waals surface area contributed by atoms with Crippen LogP contribution in [-0.2, 0) is 0 Å². The molecule has 0 amide bonds. The smallest absolute Gasteiger partial charge is 0.0762 e. The van der Waals surface area contributed by atoms with E-state index >= 15 is 0 Å². The van der Waals surface area contributed by atoms with Gasteiger partial charge in [0.25, 0.3) is 0 Å². The normalized spacial score (nSPS) is 14.7. The van der Waals surface area contributed by atoms with Crippen molar-refractivity contribution in [3.8, 4) is 0 Å². The Labute approximate surface area is 116 Å². The first-order chi connectivity index (χ1) is 8.32. The molecule has 1 aromatic rings. The summed E-state index contributed by atoms with van der Waals surface area (Å²) in [4.78, 5) is 2.20. The number of hydrogen-bond donors (Lipinski definition) is 1. The molecule has 0 radical (unpaired) electrons. The van der Waals surface area contributed by atoms with Crippen LogP contribution in [0.4, 0.5) is 5.69 Å². The van der Waals surface area contributed by atoms with Crippen LogP contribution in [0.25, 0.3) is 0 Å². The molecule has 0 aliphatic carbocycles. The number of hydrogen-bond acceptors (Lipinski definition) is 2. The summed E-state index contributed by atoms with van der Waals surface area (Å²) in [5.41, 5.74) is 1.88. The summed E-state index contributed by atoms with van der Waals surface area (Å²) in [6, 6.07) is 6.21. The van der Waals surface area contributed by atoms with Crippen LogP contribution >= 0.6 is 11.6 Å². The monoisotopic (exact) mass is 269 g/mol. The lowest BCUT2D eigenvalue weighted by molar-refractivity contribution is 0.199. The summed E-state index contributed by atoms with van der Waals surface area (Å²) in [6.07, 6.45) is 0.653. The van der Waals surface area contributed by atoms with Gasteiger partial charge in [0.1, 0.15) is 0 Å². The number of anilines is 1. The van der Waals surface area contributed by atoms with Gasteiger partial charge in [-0.1, -0.05) is 31.5 Å². The van der Waals surface area contributed by atoms with E-state index in [1.165, 1.54) is 0 Å². The fourth-order valence-electron chi connectivity index (χ4n) is 2.15. The van der Waals surface area contributed by atoms with Crippen molar-refractivity contribution in [3.05, 3.63) is 28.8 Å². The van der Waals surface area contributed by atoms with E-state index in [0.29, 0.717) is 17.0 Å². The number of rotatable bonds is 5. The molecule has 1 aromatic carbocycles. The molecule has 1 rings (SSSR count). The number of nitrogens with zero attached hydrogens (tertiary/aromatic N) is 1. The van der Waals surface area contributed by atoms with Crippen LogP contribution in [0.1, 0.15) is 45.8 Å². The quantitative estimate of drug-likeness (QED) is 0.863. The van der Waals surface area contributed by atoms with Crippen molar-refractivity contribution in [1.82, 2.24) is 0 Å². The third-order valence-corrected chi connectivity index (χ3v) is 3.61. The molecule has 2 nitrogen and oxygen atoms in total. The fourth-order valence-corrected chi connectivity index (χ4v) is 2.47. The van der Waals surface area contributed by atoms with Gasteiger partial charge < -0.3 is 10.0 Å². The van der Waals surface area contributed by atoms with Gasteiger partial charge in [0, 0.05) is 13.1 Å². The minimum Gasteiger partial charge on any atom is -0.389 e. The van der Waals surface area contributed by atoms with E-state index in [4.69, 9.17) is 11.6 Å². The molecule has 0 aromatic heterocycles. The highest BCUT2D eigenvalue weighted by Crippen LogP contribution is 2.30. The third kappa shape index (κ3) is 3.89. The fraction of sp³-hybridized carbons (Fsp3) is 0.600. The molecule has 0 fully saturated rings. The molecular formula is C15H24ClNO. The number of benzene rings is 1. The van der Waals surface area contributed by atoms with E-state index in [1.807, 2.05) is 18.2 Å². The van der Waals surface area contributed by atoms with Gasteiger partial charge in [0.2, 0.25) is 0 Å². The van der Waals surface area contributed by atoms with Gasteiger partial charge in [-0.05, 0) is 43.9 Å². The Balaban J connectivity index is 2.89. The molecule has 0 aliphatic heterocycles. The second kappa shape index (κ2) is 6.44. The molecule has 102 valence electrons. The van der Waals surface area contributed by atoms with Crippen LogP contribution < -0.4 is 4.90 Å². The van der Waals surface area contributed by atoms with Crippen LogP contribution in [0.2, 0.25) is 5.02 Å². The van der Waals surface area contributed by atoms with Crippen LogP contribution in [0.15, 0.2) is 18.2 Å². The van der Waals surface area contributed by atoms with Gasteiger partial charge in [-0.25, -0.2) is 0 Å². The van der Waals surface area contributed by atoms with Crippen molar-refractivity contribution < 1.29 is 5.11 Å². The molecular weight excluding hydrogens is 246 g/mol. The first kappa shape index (κ1) is 15.3. The minimum atomic E-state index is -0.477. The lowest BCUT2D eigenvalue weighted by Crippen LogP contribution is -2.30. The number of halogens is 1. The van der Waals surface area contributed by atoms with Gasteiger partial charge in [-0.15, -0.1) is 0 Å². The van der Waals surface area contributed by atoms with Crippen molar-refractivity contribution in [1.29, 1.82) is 0 Å². The van der Waals surface area contributed by atoms with E-state index in [1.54, 1.807) is 6.92 Å². The van der Waals surface area contributed by atoms with Crippen molar-refractivity contribution in [2.45, 2.75) is 46.3 Å². The van der Waals surface area contributed by atoms with Crippen molar-refractivity contribution >= 4 is 17.3 Å². The highest BCUT2D eigenvalue weighted by atomic mass is 35.5. The van der Waals surface area contributed by atoms with E-state index in [9.17, 15) is 5.11 Å². The number of aliphatic hydroxyl groups is 1. The Morgan fingerprint density at radius 2 is 1.83 bits per heavy atom. The van der Waals surface area contributed by atoms with Gasteiger partial charge in [-0.2, -0.15) is 0 Å². The number of aliphatic hydroxyl groups excluding tert-OH is 1. The maximum atomic E-state index is 9.53. The summed E-state index contributed by atoms with van der Waals surface area (Å²) in [7, 11) is 2.07. The zero-order valence-corrected chi connectivity index (χ0v) is 12.7. The van der Waals surface area contributed by atoms with Gasteiger partial charge in [-0.3, -0.25) is 0 Å². The summed E-state index contributed by atoms with van der Waals surface area (Å²) in [5, 5.41) is 10.2. The topological polar surface area (TPSA) is 23.5 Å². The summed E-state index contributed by atoms with van der Waals surface area (Å²) in [5.74, 6) is 0.665. The molecule has 2 atom stereocenters. The average Bonchev–Trinajstić information content (AvgIpc) is 2.26. The minimum absolute atomic E-state index is 0.444. The molecule has 18 heavy (non-hydrogen) atoms. The molecule has 0 saturated heterocycles. The Hall–Kier alpha value is -0.730. The Kier molecular flexibility index (Phi) is 5.48. The summed E-state index contributed by atoms with van der Waals surface area (Å²) < 4.78 is 0.